The summed E-state index contributed by atoms with van der Waals surface area (Å²) < 4.78 is 12.1. The van der Waals surface area contributed by atoms with E-state index in [1.54, 1.807) is 11.1 Å². The molecule has 3 rings (SSSR count). The van der Waals surface area contributed by atoms with Crippen LogP contribution < -0.4 is 10.4 Å². The monoisotopic (exact) mass is 302 g/mol. The van der Waals surface area contributed by atoms with Crippen LogP contribution in [0.3, 0.4) is 0 Å². The van der Waals surface area contributed by atoms with Crippen molar-refractivity contribution in [3.8, 4) is 0 Å². The number of anilines is 1. The molecule has 2 saturated heterocycles. The van der Waals surface area contributed by atoms with Crippen LogP contribution in [0.15, 0.2) is 12.3 Å². The van der Waals surface area contributed by atoms with Gasteiger partial charge < -0.3 is 9.31 Å². The molecular formula is C16H23BN2O3. The van der Waals surface area contributed by atoms with Crippen molar-refractivity contribution < 1.29 is 14.1 Å². The first-order chi connectivity index (χ1) is 10.2. The number of pyridine rings is 1. The Morgan fingerprint density at radius 1 is 1.23 bits per heavy atom. The summed E-state index contributed by atoms with van der Waals surface area (Å²) in [6.07, 6.45) is 3.27. The van der Waals surface area contributed by atoms with Gasteiger partial charge in [0.15, 0.2) is 0 Å². The van der Waals surface area contributed by atoms with Gasteiger partial charge in [-0.15, -0.1) is 0 Å². The van der Waals surface area contributed by atoms with Crippen LogP contribution in [-0.2, 0) is 14.1 Å². The topological polar surface area (TPSA) is 51.7 Å². The van der Waals surface area contributed by atoms with Crippen LogP contribution in [0, 0.1) is 6.92 Å². The van der Waals surface area contributed by atoms with Crippen LogP contribution in [-0.4, -0.2) is 35.8 Å². The summed E-state index contributed by atoms with van der Waals surface area (Å²) in [4.78, 5) is 18.1. The van der Waals surface area contributed by atoms with Gasteiger partial charge in [-0.3, -0.25) is 9.69 Å². The number of rotatable bonds is 2. The molecule has 0 spiro atoms. The molecule has 5 nitrogen and oxygen atoms in total. The van der Waals surface area contributed by atoms with Gasteiger partial charge in [-0.05, 0) is 46.6 Å². The molecule has 2 fully saturated rings. The first kappa shape index (κ1) is 15.5. The summed E-state index contributed by atoms with van der Waals surface area (Å²) in [7, 11) is -0.417. The van der Waals surface area contributed by atoms with Crippen LogP contribution >= 0.6 is 0 Å². The van der Waals surface area contributed by atoms with Crippen molar-refractivity contribution in [1.82, 2.24) is 4.98 Å². The van der Waals surface area contributed by atoms with Crippen LogP contribution in [0.1, 0.15) is 46.1 Å². The Balaban J connectivity index is 1.86. The van der Waals surface area contributed by atoms with Gasteiger partial charge in [0.25, 0.3) is 0 Å². The zero-order chi connectivity index (χ0) is 16.1. The second-order valence-electron chi connectivity index (χ2n) is 7.15. The number of aromatic nitrogens is 1. The van der Waals surface area contributed by atoms with Crippen LogP contribution in [0.25, 0.3) is 0 Å². The highest BCUT2D eigenvalue weighted by molar-refractivity contribution is 6.62. The van der Waals surface area contributed by atoms with E-state index >= 15 is 0 Å². The largest absolute Gasteiger partial charge is 0.496 e. The van der Waals surface area contributed by atoms with Gasteiger partial charge in [-0.1, -0.05) is 6.07 Å². The molecule has 0 unspecified atom stereocenters. The number of hydrogen-bond acceptors (Lipinski definition) is 4. The lowest BCUT2D eigenvalue weighted by atomic mass is 9.79. The normalized spacial score (nSPS) is 23.4. The third-order valence-electron chi connectivity index (χ3n) is 4.93. The van der Waals surface area contributed by atoms with E-state index < -0.39 is 7.12 Å². The second-order valence-corrected chi connectivity index (χ2v) is 7.15. The molecule has 1 aromatic rings. The molecule has 22 heavy (non-hydrogen) atoms. The lowest BCUT2D eigenvalue weighted by Crippen LogP contribution is -2.41. The summed E-state index contributed by atoms with van der Waals surface area (Å²) in [5.74, 6) is 0.904. The summed E-state index contributed by atoms with van der Waals surface area (Å²) in [6, 6.07) is 2.01. The van der Waals surface area contributed by atoms with E-state index in [0.29, 0.717) is 6.42 Å². The van der Waals surface area contributed by atoms with Crippen molar-refractivity contribution in [2.45, 2.75) is 58.7 Å². The van der Waals surface area contributed by atoms with Gasteiger partial charge in [0.2, 0.25) is 5.91 Å². The average molecular weight is 302 g/mol. The van der Waals surface area contributed by atoms with Crippen molar-refractivity contribution >= 4 is 24.3 Å². The Bertz CT molecular complexity index is 599. The van der Waals surface area contributed by atoms with Crippen LogP contribution in [0.2, 0.25) is 0 Å². The molecular weight excluding hydrogens is 279 g/mol. The first-order valence-corrected chi connectivity index (χ1v) is 7.84. The van der Waals surface area contributed by atoms with E-state index in [-0.39, 0.29) is 17.1 Å². The smallest absolute Gasteiger partial charge is 0.399 e. The van der Waals surface area contributed by atoms with E-state index in [0.717, 1.165) is 29.8 Å². The zero-order valence-corrected chi connectivity index (χ0v) is 14.0. The maximum atomic E-state index is 11.9. The van der Waals surface area contributed by atoms with Gasteiger partial charge in [0, 0.05) is 24.6 Å². The van der Waals surface area contributed by atoms with E-state index in [9.17, 15) is 4.79 Å². The maximum absolute atomic E-state index is 11.9. The number of carbonyl (C=O) groups is 1. The first-order valence-electron chi connectivity index (χ1n) is 7.84. The number of amides is 1. The number of nitrogens with zero attached hydrogens (tertiary/aromatic N) is 2. The van der Waals surface area contributed by atoms with Crippen molar-refractivity contribution in [2.24, 2.45) is 0 Å². The molecule has 0 bridgehead atoms. The van der Waals surface area contributed by atoms with Gasteiger partial charge in [0.1, 0.15) is 5.82 Å². The molecule has 0 atom stereocenters. The van der Waals surface area contributed by atoms with Crippen LogP contribution in [0.5, 0.6) is 0 Å². The summed E-state index contributed by atoms with van der Waals surface area (Å²) in [6.45, 7) is 10.9. The van der Waals surface area contributed by atoms with E-state index in [4.69, 9.17) is 9.31 Å². The predicted octanol–water partition coefficient (Wildman–Crippen LogP) is 1.82. The Hall–Kier alpha value is -1.40. The van der Waals surface area contributed by atoms with Gasteiger partial charge in [-0.2, -0.15) is 0 Å². The Morgan fingerprint density at radius 3 is 2.36 bits per heavy atom. The maximum Gasteiger partial charge on any atom is 0.496 e. The fraction of sp³-hybridized carbons (Fsp3) is 0.625. The highest BCUT2D eigenvalue weighted by Crippen LogP contribution is 2.36. The van der Waals surface area contributed by atoms with Crippen molar-refractivity contribution in [3.63, 3.8) is 0 Å². The number of aryl methyl sites for hydroxylation is 1. The molecule has 0 saturated carbocycles. The summed E-state index contributed by atoms with van der Waals surface area (Å²) in [5, 5.41) is 0. The van der Waals surface area contributed by atoms with E-state index in [1.165, 1.54) is 0 Å². The van der Waals surface area contributed by atoms with E-state index in [1.807, 2.05) is 40.7 Å². The predicted molar refractivity (Wildman–Crippen MR) is 86.3 cm³/mol. The molecule has 0 aliphatic carbocycles. The molecule has 6 heteroatoms. The average Bonchev–Trinajstić information content (AvgIpc) is 2.91. The molecule has 3 heterocycles. The molecule has 1 amide bonds. The minimum atomic E-state index is -0.417. The lowest BCUT2D eigenvalue weighted by Gasteiger charge is -2.32. The Labute approximate surface area is 132 Å². The molecule has 0 aromatic carbocycles. The molecule has 0 radical (unpaired) electrons. The second kappa shape index (κ2) is 5.06. The highest BCUT2D eigenvalue weighted by Gasteiger charge is 2.51. The van der Waals surface area contributed by atoms with E-state index in [2.05, 4.69) is 4.98 Å². The standard InChI is InChI=1S/C16H23BN2O3/c1-11-9-12(17-21-15(2,3)16(4,5)22-17)10-18-14(11)19-8-6-7-13(19)20/h9-10H,6-8H2,1-5H3. The summed E-state index contributed by atoms with van der Waals surface area (Å²) in [5.41, 5.74) is 1.14. The number of hydrogen-bond donors (Lipinski definition) is 0. The van der Waals surface area contributed by atoms with Crippen LogP contribution in [0.4, 0.5) is 5.82 Å². The Morgan fingerprint density at radius 2 is 1.86 bits per heavy atom. The Kier molecular flexibility index (Phi) is 3.57. The minimum absolute atomic E-state index is 0.152. The van der Waals surface area contributed by atoms with Gasteiger partial charge in [-0.25, -0.2) is 4.98 Å². The van der Waals surface area contributed by atoms with Crippen molar-refractivity contribution in [3.05, 3.63) is 17.8 Å². The summed E-state index contributed by atoms with van der Waals surface area (Å²) >= 11 is 0. The third-order valence-corrected chi connectivity index (χ3v) is 4.93. The highest BCUT2D eigenvalue weighted by atomic mass is 16.7. The van der Waals surface area contributed by atoms with Crippen molar-refractivity contribution in [2.75, 3.05) is 11.4 Å². The van der Waals surface area contributed by atoms with Gasteiger partial charge >= 0.3 is 7.12 Å². The lowest BCUT2D eigenvalue weighted by molar-refractivity contribution is -0.117. The molecule has 2 aliphatic heterocycles. The SMILES string of the molecule is Cc1cc(B2OC(C)(C)C(C)(C)O2)cnc1N1CCCC1=O. The van der Waals surface area contributed by atoms with Crippen molar-refractivity contribution in [1.29, 1.82) is 0 Å². The molecule has 1 aromatic heterocycles. The molecule has 118 valence electrons. The fourth-order valence-electron chi connectivity index (χ4n) is 2.85. The zero-order valence-electron chi connectivity index (χ0n) is 14.0. The molecule has 2 aliphatic rings. The number of carbonyl (C=O) groups excluding carboxylic acids is 1. The minimum Gasteiger partial charge on any atom is -0.399 e. The fourth-order valence-corrected chi connectivity index (χ4v) is 2.85. The van der Waals surface area contributed by atoms with Gasteiger partial charge in [0.05, 0.1) is 11.2 Å². The molecule has 0 N–H and O–H groups in total. The quantitative estimate of drug-likeness (QED) is 0.782. The third kappa shape index (κ3) is 2.44.